The second-order valence-electron chi connectivity index (χ2n) is 15.0. The molecule has 0 radical (unpaired) electrons. The van der Waals surface area contributed by atoms with Crippen molar-refractivity contribution in [1.29, 1.82) is 0 Å². The quantitative estimate of drug-likeness (QED) is 0.183. The molecule has 0 N–H and O–H groups in total. The van der Waals surface area contributed by atoms with Crippen molar-refractivity contribution in [3.63, 3.8) is 0 Å². The van der Waals surface area contributed by atoms with Gasteiger partial charge in [-0.25, -0.2) is 0 Å². The molecule has 2 aliphatic rings. The van der Waals surface area contributed by atoms with E-state index in [4.69, 9.17) is 4.42 Å². The number of para-hydroxylation sites is 3. The van der Waals surface area contributed by atoms with Crippen molar-refractivity contribution < 1.29 is 4.42 Å². The summed E-state index contributed by atoms with van der Waals surface area (Å²) in [6, 6.07) is 66.7. The minimum absolute atomic E-state index is 0.104. The Bertz CT molecular complexity index is 3100. The largest absolute Gasteiger partial charge is 0.456 e. The number of fused-ring (bicyclic) bond motifs is 12. The fraction of sp³-hybridized carbons (Fsp3) is 0.0588. The summed E-state index contributed by atoms with van der Waals surface area (Å²) in [6.07, 6.45) is 2.01. The number of anilines is 3. The fourth-order valence-corrected chi connectivity index (χ4v) is 9.83. The highest BCUT2D eigenvalue weighted by atomic mass is 16.3. The number of benzene rings is 8. The zero-order chi connectivity index (χ0) is 35.4. The highest BCUT2D eigenvalue weighted by Crippen LogP contribution is 2.56. The third kappa shape index (κ3) is 4.12. The van der Waals surface area contributed by atoms with Crippen molar-refractivity contribution in [1.82, 2.24) is 4.57 Å². The lowest BCUT2D eigenvalue weighted by atomic mass is 9.75. The van der Waals surface area contributed by atoms with Crippen LogP contribution in [0.4, 0.5) is 17.1 Å². The predicted molar refractivity (Wildman–Crippen MR) is 223 cm³/mol. The van der Waals surface area contributed by atoms with Crippen LogP contribution in [0.1, 0.15) is 22.3 Å². The zero-order valence-corrected chi connectivity index (χ0v) is 29.5. The third-order valence-electron chi connectivity index (χ3n) is 12.2. The van der Waals surface area contributed by atoms with E-state index >= 15 is 0 Å². The standard InChI is InChI=1S/C51H34N2O/c1-2-14-35(15-3-1)53-47-20-10-7-17-41(47)44-28-36(24-27-48(44)53)52(38-23-26-43-42-18-8-11-21-49(42)54-50(43)30-38)37-22-25-40-39-16-6-9-19-45(39)51(46(40)29-37)31-33-12-4-5-13-34(33)32-51/h1-30H,31-32H2. The topological polar surface area (TPSA) is 21.3 Å². The monoisotopic (exact) mass is 690 g/mol. The molecule has 2 aromatic heterocycles. The van der Waals surface area contributed by atoms with Crippen molar-refractivity contribution >= 4 is 60.8 Å². The summed E-state index contributed by atoms with van der Waals surface area (Å²) in [5, 5.41) is 4.72. The highest BCUT2D eigenvalue weighted by molar-refractivity contribution is 6.11. The first-order chi connectivity index (χ1) is 26.7. The summed E-state index contributed by atoms with van der Waals surface area (Å²) in [5.41, 5.74) is 17.0. The van der Waals surface area contributed by atoms with Gasteiger partial charge >= 0.3 is 0 Å². The van der Waals surface area contributed by atoms with Crippen molar-refractivity contribution in [2.75, 3.05) is 4.90 Å². The molecule has 0 aliphatic heterocycles. The zero-order valence-electron chi connectivity index (χ0n) is 29.5. The van der Waals surface area contributed by atoms with Gasteiger partial charge in [0.15, 0.2) is 0 Å². The molecule has 8 aromatic carbocycles. The normalized spacial score (nSPS) is 13.9. The van der Waals surface area contributed by atoms with Gasteiger partial charge in [-0.2, -0.15) is 0 Å². The van der Waals surface area contributed by atoms with Gasteiger partial charge in [0, 0.05) is 55.8 Å². The average molecular weight is 691 g/mol. The molecule has 0 saturated heterocycles. The summed E-state index contributed by atoms with van der Waals surface area (Å²) in [4.78, 5) is 2.43. The van der Waals surface area contributed by atoms with Gasteiger partial charge in [-0.1, -0.05) is 109 Å². The van der Waals surface area contributed by atoms with Gasteiger partial charge < -0.3 is 13.9 Å². The van der Waals surface area contributed by atoms with E-state index in [1.165, 1.54) is 55.2 Å². The molecule has 0 amide bonds. The van der Waals surface area contributed by atoms with E-state index in [0.717, 1.165) is 57.5 Å². The number of aromatic nitrogens is 1. The molecule has 0 saturated carbocycles. The molecule has 254 valence electrons. The van der Waals surface area contributed by atoms with Crippen LogP contribution in [0.25, 0.3) is 60.6 Å². The lowest BCUT2D eigenvalue weighted by Crippen LogP contribution is -2.26. The van der Waals surface area contributed by atoms with Gasteiger partial charge in [-0.15, -0.1) is 0 Å². The van der Waals surface area contributed by atoms with E-state index in [1.807, 2.05) is 6.07 Å². The maximum atomic E-state index is 6.49. The lowest BCUT2D eigenvalue weighted by molar-refractivity contribution is 0.563. The van der Waals surface area contributed by atoms with Crippen molar-refractivity contribution in [2.24, 2.45) is 0 Å². The minimum Gasteiger partial charge on any atom is -0.456 e. The summed E-state index contributed by atoms with van der Waals surface area (Å²) < 4.78 is 8.88. The first kappa shape index (κ1) is 29.7. The number of rotatable bonds is 4. The molecule has 3 heteroatoms. The molecular weight excluding hydrogens is 657 g/mol. The number of hydrogen-bond acceptors (Lipinski definition) is 2. The second kappa shape index (κ2) is 11.1. The van der Waals surface area contributed by atoms with E-state index in [9.17, 15) is 0 Å². The average Bonchev–Trinajstić information content (AvgIpc) is 3.96. The van der Waals surface area contributed by atoms with E-state index in [2.05, 4.69) is 185 Å². The van der Waals surface area contributed by atoms with Crippen LogP contribution in [0.3, 0.4) is 0 Å². The third-order valence-corrected chi connectivity index (χ3v) is 12.2. The maximum Gasteiger partial charge on any atom is 0.137 e. The Morgan fingerprint density at radius 1 is 0.426 bits per heavy atom. The summed E-state index contributed by atoms with van der Waals surface area (Å²) in [6.45, 7) is 0. The van der Waals surface area contributed by atoms with Crippen LogP contribution in [-0.4, -0.2) is 4.57 Å². The molecule has 3 nitrogen and oxygen atoms in total. The van der Waals surface area contributed by atoms with Crippen LogP contribution in [0.5, 0.6) is 0 Å². The predicted octanol–water partition coefficient (Wildman–Crippen LogP) is 13.2. The molecule has 0 fully saturated rings. The van der Waals surface area contributed by atoms with Gasteiger partial charge in [0.1, 0.15) is 11.2 Å². The Morgan fingerprint density at radius 3 is 1.91 bits per heavy atom. The van der Waals surface area contributed by atoms with Crippen LogP contribution >= 0.6 is 0 Å². The minimum atomic E-state index is -0.104. The molecular formula is C51H34N2O. The van der Waals surface area contributed by atoms with Crippen molar-refractivity contribution in [2.45, 2.75) is 18.3 Å². The summed E-state index contributed by atoms with van der Waals surface area (Å²) in [7, 11) is 0. The van der Waals surface area contributed by atoms with Crippen molar-refractivity contribution in [3.05, 3.63) is 204 Å². The lowest BCUT2D eigenvalue weighted by Gasteiger charge is -2.30. The first-order valence-electron chi connectivity index (χ1n) is 18.8. The molecule has 2 aliphatic carbocycles. The van der Waals surface area contributed by atoms with Gasteiger partial charge in [0.2, 0.25) is 0 Å². The second-order valence-corrected chi connectivity index (χ2v) is 15.0. The van der Waals surface area contributed by atoms with Crippen LogP contribution < -0.4 is 4.90 Å². The van der Waals surface area contributed by atoms with Gasteiger partial charge in [0.25, 0.3) is 0 Å². The molecule has 1 spiro atoms. The summed E-state index contributed by atoms with van der Waals surface area (Å²) in [5.74, 6) is 0. The smallest absolute Gasteiger partial charge is 0.137 e. The van der Waals surface area contributed by atoms with Crippen LogP contribution in [0.15, 0.2) is 186 Å². The van der Waals surface area contributed by atoms with Crippen LogP contribution in [-0.2, 0) is 18.3 Å². The van der Waals surface area contributed by atoms with Crippen molar-refractivity contribution in [3.8, 4) is 16.8 Å². The van der Waals surface area contributed by atoms with Gasteiger partial charge in [0.05, 0.1) is 11.0 Å². The Balaban J connectivity index is 1.10. The maximum absolute atomic E-state index is 6.49. The Kier molecular flexibility index (Phi) is 6.10. The molecule has 2 heterocycles. The molecule has 54 heavy (non-hydrogen) atoms. The first-order valence-corrected chi connectivity index (χ1v) is 18.8. The molecule has 10 aromatic rings. The van der Waals surface area contributed by atoms with Crippen LogP contribution in [0.2, 0.25) is 0 Å². The Morgan fingerprint density at radius 2 is 1.04 bits per heavy atom. The van der Waals surface area contributed by atoms with Gasteiger partial charge in [-0.3, -0.25) is 0 Å². The number of furan rings is 1. The summed E-state index contributed by atoms with van der Waals surface area (Å²) >= 11 is 0. The fourth-order valence-electron chi connectivity index (χ4n) is 9.83. The Hall–Kier alpha value is -6.84. The number of hydrogen-bond donors (Lipinski definition) is 0. The SMILES string of the molecule is c1ccc(-n2c3ccccc3c3cc(N(c4ccc5c(c4)C4(Cc6ccccc6C4)c4ccccc4-5)c4ccc5c(c4)oc4ccccc45)ccc32)cc1. The van der Waals surface area contributed by atoms with E-state index < -0.39 is 0 Å². The molecule has 0 bridgehead atoms. The Labute approximate surface area is 312 Å². The van der Waals surface area contributed by atoms with E-state index in [1.54, 1.807) is 0 Å². The molecule has 0 atom stereocenters. The molecule has 12 rings (SSSR count). The van der Waals surface area contributed by atoms with Crippen LogP contribution in [0, 0.1) is 0 Å². The van der Waals surface area contributed by atoms with E-state index in [-0.39, 0.29) is 5.41 Å². The van der Waals surface area contributed by atoms with E-state index in [0.29, 0.717) is 0 Å². The highest BCUT2D eigenvalue weighted by Gasteiger charge is 2.47. The molecule has 0 unspecified atom stereocenters. The number of nitrogens with zero attached hydrogens (tertiary/aromatic N) is 2. The van der Waals surface area contributed by atoms with Gasteiger partial charge in [-0.05, 0) is 113 Å².